The SMILES string of the molecule is Cc1ncccc1CN(C)CCNC(C)C. The number of hydrogen-bond acceptors (Lipinski definition) is 3. The molecule has 0 unspecified atom stereocenters. The lowest BCUT2D eigenvalue weighted by Gasteiger charge is -2.18. The monoisotopic (exact) mass is 221 g/mol. The molecule has 0 atom stereocenters. The fraction of sp³-hybridized carbons (Fsp3) is 0.615. The van der Waals surface area contributed by atoms with Gasteiger partial charge in [0.25, 0.3) is 0 Å². The molecule has 0 saturated heterocycles. The Labute approximate surface area is 98.9 Å². The summed E-state index contributed by atoms with van der Waals surface area (Å²) in [5, 5.41) is 3.42. The molecule has 0 spiro atoms. The molecular formula is C13H23N3. The second-order valence-corrected chi connectivity index (χ2v) is 4.59. The van der Waals surface area contributed by atoms with Crippen molar-refractivity contribution in [3.8, 4) is 0 Å². The summed E-state index contributed by atoms with van der Waals surface area (Å²) < 4.78 is 0. The van der Waals surface area contributed by atoms with E-state index in [0.29, 0.717) is 6.04 Å². The number of nitrogens with zero attached hydrogens (tertiary/aromatic N) is 2. The Balaban J connectivity index is 2.34. The van der Waals surface area contributed by atoms with Crippen LogP contribution in [-0.2, 0) is 6.54 Å². The van der Waals surface area contributed by atoms with Crippen LogP contribution in [0.5, 0.6) is 0 Å². The first kappa shape index (κ1) is 13.1. The minimum atomic E-state index is 0.563. The van der Waals surface area contributed by atoms with E-state index in [1.807, 2.05) is 12.3 Å². The van der Waals surface area contributed by atoms with E-state index in [1.165, 1.54) is 5.56 Å². The highest BCUT2D eigenvalue weighted by Crippen LogP contribution is 2.06. The number of rotatable bonds is 6. The standard InChI is InChI=1S/C13H23N3/c1-11(2)14-8-9-16(4)10-13-6-5-7-15-12(13)3/h5-7,11,14H,8-10H2,1-4H3. The summed E-state index contributed by atoms with van der Waals surface area (Å²) in [5.41, 5.74) is 2.45. The molecular weight excluding hydrogens is 198 g/mol. The van der Waals surface area contributed by atoms with E-state index in [0.717, 1.165) is 25.3 Å². The summed E-state index contributed by atoms with van der Waals surface area (Å²) in [6.45, 7) is 9.48. The average Bonchev–Trinajstić information content (AvgIpc) is 2.21. The third-order valence-electron chi connectivity index (χ3n) is 2.60. The van der Waals surface area contributed by atoms with E-state index in [9.17, 15) is 0 Å². The number of nitrogens with one attached hydrogen (secondary N) is 1. The lowest BCUT2D eigenvalue weighted by molar-refractivity contribution is 0.319. The third kappa shape index (κ3) is 4.73. The Hall–Kier alpha value is -0.930. The van der Waals surface area contributed by atoms with Crippen molar-refractivity contribution in [3.63, 3.8) is 0 Å². The molecule has 0 fully saturated rings. The Morgan fingerprint density at radius 2 is 2.19 bits per heavy atom. The zero-order chi connectivity index (χ0) is 12.0. The smallest absolute Gasteiger partial charge is 0.0417 e. The number of hydrogen-bond donors (Lipinski definition) is 1. The first-order chi connectivity index (χ1) is 7.59. The van der Waals surface area contributed by atoms with Crippen LogP contribution in [0.4, 0.5) is 0 Å². The maximum Gasteiger partial charge on any atom is 0.0417 e. The highest BCUT2D eigenvalue weighted by atomic mass is 15.1. The molecule has 3 nitrogen and oxygen atoms in total. The summed E-state index contributed by atoms with van der Waals surface area (Å²) in [6.07, 6.45) is 1.85. The summed E-state index contributed by atoms with van der Waals surface area (Å²) in [6, 6.07) is 4.71. The van der Waals surface area contributed by atoms with E-state index in [2.05, 4.69) is 49.1 Å². The molecule has 1 heterocycles. The summed E-state index contributed by atoms with van der Waals surface area (Å²) in [7, 11) is 2.15. The van der Waals surface area contributed by atoms with E-state index < -0.39 is 0 Å². The van der Waals surface area contributed by atoms with Gasteiger partial charge in [-0.1, -0.05) is 19.9 Å². The van der Waals surface area contributed by atoms with Crippen LogP contribution < -0.4 is 5.32 Å². The summed E-state index contributed by atoms with van der Waals surface area (Å²) in [5.74, 6) is 0. The minimum Gasteiger partial charge on any atom is -0.313 e. The van der Waals surface area contributed by atoms with Gasteiger partial charge in [-0.25, -0.2) is 0 Å². The highest BCUT2D eigenvalue weighted by molar-refractivity contribution is 5.17. The zero-order valence-electron chi connectivity index (χ0n) is 10.8. The largest absolute Gasteiger partial charge is 0.313 e. The van der Waals surface area contributed by atoms with Crippen molar-refractivity contribution in [1.82, 2.24) is 15.2 Å². The molecule has 90 valence electrons. The van der Waals surface area contributed by atoms with Crippen LogP contribution in [0.3, 0.4) is 0 Å². The molecule has 3 heteroatoms. The van der Waals surface area contributed by atoms with Gasteiger partial charge in [-0.15, -0.1) is 0 Å². The lowest BCUT2D eigenvalue weighted by atomic mass is 10.2. The van der Waals surface area contributed by atoms with E-state index in [1.54, 1.807) is 0 Å². The van der Waals surface area contributed by atoms with Gasteiger partial charge in [0.05, 0.1) is 0 Å². The van der Waals surface area contributed by atoms with Crippen LogP contribution in [0.1, 0.15) is 25.1 Å². The van der Waals surface area contributed by atoms with E-state index >= 15 is 0 Å². The maximum atomic E-state index is 4.30. The van der Waals surface area contributed by atoms with Crippen molar-refractivity contribution in [2.24, 2.45) is 0 Å². The van der Waals surface area contributed by atoms with Crippen molar-refractivity contribution in [2.45, 2.75) is 33.4 Å². The first-order valence-electron chi connectivity index (χ1n) is 5.92. The zero-order valence-corrected chi connectivity index (χ0v) is 10.8. The summed E-state index contributed by atoms with van der Waals surface area (Å²) in [4.78, 5) is 6.62. The quantitative estimate of drug-likeness (QED) is 0.794. The molecule has 1 aromatic rings. The maximum absolute atomic E-state index is 4.30. The topological polar surface area (TPSA) is 28.2 Å². The van der Waals surface area contributed by atoms with Crippen molar-refractivity contribution in [2.75, 3.05) is 20.1 Å². The molecule has 0 radical (unpaired) electrons. The molecule has 1 aromatic heterocycles. The number of aromatic nitrogens is 1. The van der Waals surface area contributed by atoms with Crippen molar-refractivity contribution >= 4 is 0 Å². The van der Waals surface area contributed by atoms with Gasteiger partial charge in [-0.2, -0.15) is 0 Å². The normalized spacial score (nSPS) is 11.4. The van der Waals surface area contributed by atoms with Gasteiger partial charge >= 0.3 is 0 Å². The van der Waals surface area contributed by atoms with Crippen molar-refractivity contribution in [1.29, 1.82) is 0 Å². The van der Waals surface area contributed by atoms with E-state index in [4.69, 9.17) is 0 Å². The molecule has 0 aliphatic rings. The first-order valence-corrected chi connectivity index (χ1v) is 5.92. The molecule has 0 aromatic carbocycles. The molecule has 0 amide bonds. The van der Waals surface area contributed by atoms with Gasteiger partial charge in [-0.3, -0.25) is 4.98 Å². The van der Waals surface area contributed by atoms with Gasteiger partial charge < -0.3 is 10.2 Å². The average molecular weight is 221 g/mol. The molecule has 16 heavy (non-hydrogen) atoms. The second-order valence-electron chi connectivity index (χ2n) is 4.59. The Kier molecular flexibility index (Phi) is 5.43. The van der Waals surface area contributed by atoms with Crippen LogP contribution in [0.25, 0.3) is 0 Å². The van der Waals surface area contributed by atoms with Crippen LogP contribution in [0.15, 0.2) is 18.3 Å². The van der Waals surface area contributed by atoms with Crippen molar-refractivity contribution in [3.05, 3.63) is 29.6 Å². The third-order valence-corrected chi connectivity index (χ3v) is 2.60. The molecule has 0 bridgehead atoms. The molecule has 0 aliphatic carbocycles. The van der Waals surface area contributed by atoms with E-state index in [-0.39, 0.29) is 0 Å². The fourth-order valence-corrected chi connectivity index (χ4v) is 1.60. The fourth-order valence-electron chi connectivity index (χ4n) is 1.60. The molecule has 1 rings (SSSR count). The number of likely N-dealkylation sites (N-methyl/N-ethyl adjacent to an activating group) is 1. The van der Waals surface area contributed by atoms with Gasteiger partial charge in [0.1, 0.15) is 0 Å². The second kappa shape index (κ2) is 6.61. The molecule has 0 aliphatic heterocycles. The van der Waals surface area contributed by atoms with Crippen LogP contribution in [0.2, 0.25) is 0 Å². The van der Waals surface area contributed by atoms with Gasteiger partial charge in [0, 0.05) is 37.6 Å². The number of aryl methyl sites for hydroxylation is 1. The lowest BCUT2D eigenvalue weighted by Crippen LogP contribution is -2.32. The van der Waals surface area contributed by atoms with Gasteiger partial charge in [-0.05, 0) is 25.6 Å². The van der Waals surface area contributed by atoms with Gasteiger partial charge in [0.2, 0.25) is 0 Å². The summed E-state index contributed by atoms with van der Waals surface area (Å²) >= 11 is 0. The molecule has 1 N–H and O–H groups in total. The van der Waals surface area contributed by atoms with Crippen LogP contribution in [-0.4, -0.2) is 36.1 Å². The predicted octanol–water partition coefficient (Wildman–Crippen LogP) is 1.82. The Morgan fingerprint density at radius 1 is 1.44 bits per heavy atom. The van der Waals surface area contributed by atoms with Crippen LogP contribution >= 0.6 is 0 Å². The number of pyridine rings is 1. The highest BCUT2D eigenvalue weighted by Gasteiger charge is 2.03. The minimum absolute atomic E-state index is 0.563. The molecule has 0 saturated carbocycles. The van der Waals surface area contributed by atoms with Crippen molar-refractivity contribution < 1.29 is 0 Å². The predicted molar refractivity (Wildman–Crippen MR) is 68.4 cm³/mol. The Morgan fingerprint density at radius 3 is 2.81 bits per heavy atom. The van der Waals surface area contributed by atoms with Crippen LogP contribution in [0, 0.1) is 6.92 Å². The Bertz CT molecular complexity index is 310. The van der Waals surface area contributed by atoms with Gasteiger partial charge in [0.15, 0.2) is 0 Å².